The summed E-state index contributed by atoms with van der Waals surface area (Å²) in [6.45, 7) is 2.00. The molecule has 2 atom stereocenters. The van der Waals surface area contributed by atoms with Gasteiger partial charge in [-0.1, -0.05) is 6.92 Å². The van der Waals surface area contributed by atoms with E-state index in [1.165, 1.54) is 19.1 Å². The first kappa shape index (κ1) is 17.4. The highest BCUT2D eigenvalue weighted by Gasteiger charge is 2.42. The smallest absolute Gasteiger partial charge is 0.332 e. The molecule has 1 saturated heterocycles. The van der Waals surface area contributed by atoms with E-state index in [2.05, 4.69) is 9.97 Å². The van der Waals surface area contributed by atoms with Gasteiger partial charge in [0.15, 0.2) is 0 Å². The summed E-state index contributed by atoms with van der Waals surface area (Å²) in [5.41, 5.74) is -0.0305. The van der Waals surface area contributed by atoms with Crippen molar-refractivity contribution in [3.8, 4) is 0 Å². The van der Waals surface area contributed by atoms with Gasteiger partial charge < -0.3 is 14.4 Å². The number of hydrogen-bond donors (Lipinski definition) is 0. The van der Waals surface area contributed by atoms with E-state index in [0.29, 0.717) is 12.8 Å². The highest BCUT2D eigenvalue weighted by molar-refractivity contribution is 6.28. The topological polar surface area (TPSA) is 108 Å². The van der Waals surface area contributed by atoms with E-state index in [1.807, 2.05) is 0 Å². The van der Waals surface area contributed by atoms with Crippen molar-refractivity contribution in [2.45, 2.75) is 31.9 Å². The number of halogens is 1. The summed E-state index contributed by atoms with van der Waals surface area (Å²) in [6.07, 6.45) is 0.400. The maximum absolute atomic E-state index is 12.0. The van der Waals surface area contributed by atoms with Gasteiger partial charge in [0.05, 0.1) is 18.1 Å². The molecule has 9 nitrogen and oxygen atoms in total. The van der Waals surface area contributed by atoms with Gasteiger partial charge in [-0.3, -0.25) is 10.1 Å². The van der Waals surface area contributed by atoms with Crippen molar-refractivity contribution >= 4 is 29.1 Å². The Bertz CT molecular complexity index is 627. The summed E-state index contributed by atoms with van der Waals surface area (Å²) < 4.78 is 10.1. The molecule has 1 aliphatic heterocycles. The molecule has 1 aliphatic rings. The molecule has 2 heterocycles. The van der Waals surface area contributed by atoms with Crippen LogP contribution in [0.3, 0.4) is 0 Å². The Morgan fingerprint density at radius 1 is 1.48 bits per heavy atom. The number of aryl methyl sites for hydroxylation is 1. The fraction of sp³-hybridized carbons (Fsp3) is 0.615. The van der Waals surface area contributed by atoms with Crippen LogP contribution < -0.4 is 4.90 Å². The molecule has 0 bridgehead atoms. The third-order valence-corrected chi connectivity index (χ3v) is 3.94. The van der Waals surface area contributed by atoms with Crippen LogP contribution in [0.15, 0.2) is 0 Å². The molecule has 0 radical (unpaired) electrons. The van der Waals surface area contributed by atoms with Crippen LogP contribution in [0.4, 0.5) is 11.5 Å². The van der Waals surface area contributed by atoms with Crippen molar-refractivity contribution in [3.63, 3.8) is 0 Å². The highest BCUT2D eigenvalue weighted by atomic mass is 35.5. The second kappa shape index (κ2) is 7.05. The quantitative estimate of drug-likeness (QED) is 0.341. The Hall–Kier alpha value is -2.00. The van der Waals surface area contributed by atoms with Crippen LogP contribution in [0.25, 0.3) is 0 Å². The number of esters is 1. The lowest BCUT2D eigenvalue weighted by atomic mass is 10.2. The maximum Gasteiger partial charge on any atom is 0.332 e. The van der Waals surface area contributed by atoms with Gasteiger partial charge in [0.25, 0.3) is 0 Å². The molecular formula is C13H17ClN4O5. The van der Waals surface area contributed by atoms with Gasteiger partial charge in [0, 0.05) is 20.1 Å². The molecule has 126 valence electrons. The predicted octanol–water partition coefficient (Wildman–Crippen LogP) is 1.37. The van der Waals surface area contributed by atoms with Crippen LogP contribution >= 0.6 is 11.6 Å². The van der Waals surface area contributed by atoms with Crippen molar-refractivity contribution in [1.82, 2.24) is 9.97 Å². The van der Waals surface area contributed by atoms with E-state index in [1.54, 1.807) is 6.92 Å². The molecule has 0 saturated carbocycles. The zero-order valence-electron chi connectivity index (χ0n) is 13.0. The molecule has 10 heteroatoms. The molecule has 1 aromatic rings. The number of anilines is 1. The van der Waals surface area contributed by atoms with E-state index in [-0.39, 0.29) is 35.1 Å². The van der Waals surface area contributed by atoms with Crippen molar-refractivity contribution < 1.29 is 19.2 Å². The normalized spacial score (nSPS) is 20.6. The minimum absolute atomic E-state index is 0.0156. The maximum atomic E-state index is 12.0. The average Bonchev–Trinajstić information content (AvgIpc) is 2.97. The first-order valence-electron chi connectivity index (χ1n) is 7.00. The summed E-state index contributed by atoms with van der Waals surface area (Å²) >= 11 is 5.90. The molecule has 0 N–H and O–H groups in total. The number of carbonyl (C=O) groups is 1. The second-order valence-electron chi connectivity index (χ2n) is 5.01. The van der Waals surface area contributed by atoms with Gasteiger partial charge in [-0.2, -0.15) is 4.98 Å². The van der Waals surface area contributed by atoms with Crippen molar-refractivity contribution in [2.24, 2.45) is 0 Å². The summed E-state index contributed by atoms with van der Waals surface area (Å²) in [6, 6.07) is -0.723. The fourth-order valence-electron chi connectivity index (χ4n) is 2.65. The van der Waals surface area contributed by atoms with Gasteiger partial charge in [-0.25, -0.2) is 9.78 Å². The molecular weight excluding hydrogens is 328 g/mol. The largest absolute Gasteiger partial charge is 0.467 e. The summed E-state index contributed by atoms with van der Waals surface area (Å²) in [5.74, 6) is -0.492. The van der Waals surface area contributed by atoms with Gasteiger partial charge in [0.2, 0.25) is 11.1 Å². The van der Waals surface area contributed by atoms with E-state index in [0.717, 1.165) is 0 Å². The van der Waals surface area contributed by atoms with Crippen molar-refractivity contribution in [1.29, 1.82) is 0 Å². The third-order valence-electron chi connectivity index (χ3n) is 3.77. The van der Waals surface area contributed by atoms with Crippen LogP contribution in [0, 0.1) is 10.1 Å². The van der Waals surface area contributed by atoms with Gasteiger partial charge >= 0.3 is 11.7 Å². The number of nitrogens with zero attached hydrogens (tertiary/aromatic N) is 4. The van der Waals surface area contributed by atoms with Crippen LogP contribution in [0.5, 0.6) is 0 Å². The Balaban J connectivity index is 2.56. The van der Waals surface area contributed by atoms with Crippen LogP contribution in [0.2, 0.25) is 5.28 Å². The van der Waals surface area contributed by atoms with Crippen LogP contribution in [-0.2, 0) is 20.7 Å². The Morgan fingerprint density at radius 2 is 2.17 bits per heavy atom. The molecule has 23 heavy (non-hydrogen) atoms. The molecule has 1 aromatic heterocycles. The number of methoxy groups -OCH3 is 2. The molecule has 1 unspecified atom stereocenters. The SMILES string of the molecule is CCc1nc(Cl)nc(N2CC(OC)C[C@H]2C(=O)OC)c1[N+](=O)[O-]. The Kier molecular flexibility index (Phi) is 5.32. The monoisotopic (exact) mass is 344 g/mol. The molecule has 0 spiro atoms. The van der Waals surface area contributed by atoms with Crippen LogP contribution in [-0.4, -0.2) is 53.8 Å². The molecule has 1 fully saturated rings. The number of rotatable bonds is 5. The summed E-state index contributed by atoms with van der Waals surface area (Å²) in [5, 5.41) is 11.4. The lowest BCUT2D eigenvalue weighted by Crippen LogP contribution is -2.38. The predicted molar refractivity (Wildman–Crippen MR) is 81.6 cm³/mol. The van der Waals surface area contributed by atoms with E-state index in [4.69, 9.17) is 21.1 Å². The zero-order chi connectivity index (χ0) is 17.1. The number of ether oxygens (including phenoxy) is 2. The average molecular weight is 345 g/mol. The number of nitro groups is 1. The van der Waals surface area contributed by atoms with Crippen molar-refractivity contribution in [2.75, 3.05) is 25.7 Å². The molecule has 2 rings (SSSR count). The standard InChI is InChI=1S/C13H17ClN4O5/c1-4-8-10(18(20)21)11(16-13(14)15-8)17-6-7(22-2)5-9(17)12(19)23-3/h7,9H,4-6H2,1-3H3/t7?,9-/m0/s1. The number of carbonyl (C=O) groups excluding carboxylic acids is 1. The molecule has 0 amide bonds. The number of aromatic nitrogens is 2. The van der Waals surface area contributed by atoms with E-state index in [9.17, 15) is 14.9 Å². The van der Waals surface area contributed by atoms with Gasteiger partial charge in [0.1, 0.15) is 11.7 Å². The second-order valence-corrected chi connectivity index (χ2v) is 5.35. The minimum Gasteiger partial charge on any atom is -0.467 e. The molecule has 0 aromatic carbocycles. The lowest BCUT2D eigenvalue weighted by molar-refractivity contribution is -0.385. The van der Waals surface area contributed by atoms with Crippen LogP contribution in [0.1, 0.15) is 19.0 Å². The first-order chi connectivity index (χ1) is 10.9. The highest BCUT2D eigenvalue weighted by Crippen LogP contribution is 2.35. The van der Waals surface area contributed by atoms with E-state index < -0.39 is 16.9 Å². The molecule has 0 aliphatic carbocycles. The first-order valence-corrected chi connectivity index (χ1v) is 7.38. The lowest BCUT2D eigenvalue weighted by Gasteiger charge is -2.23. The number of hydrogen-bond acceptors (Lipinski definition) is 8. The fourth-order valence-corrected chi connectivity index (χ4v) is 2.84. The minimum atomic E-state index is -0.723. The summed E-state index contributed by atoms with van der Waals surface area (Å²) in [7, 11) is 2.78. The van der Waals surface area contributed by atoms with Gasteiger partial charge in [-0.05, 0) is 18.0 Å². The summed E-state index contributed by atoms with van der Waals surface area (Å²) in [4.78, 5) is 32.3. The third kappa shape index (κ3) is 3.35. The van der Waals surface area contributed by atoms with E-state index >= 15 is 0 Å². The Morgan fingerprint density at radius 3 is 2.70 bits per heavy atom. The van der Waals surface area contributed by atoms with Gasteiger partial charge in [-0.15, -0.1) is 0 Å². The zero-order valence-corrected chi connectivity index (χ0v) is 13.7. The Labute approximate surface area is 137 Å². The van der Waals surface area contributed by atoms with Crippen molar-refractivity contribution in [3.05, 3.63) is 21.1 Å².